The molecule has 0 atom stereocenters. The van der Waals surface area contributed by atoms with Crippen molar-refractivity contribution in [2.24, 2.45) is 0 Å². The van der Waals surface area contributed by atoms with Gasteiger partial charge in [-0.3, -0.25) is 4.79 Å². The number of hydrogen-bond acceptors (Lipinski definition) is 3. The number of carbonyl (C=O) groups is 2. The molecule has 3 rings (SSSR count). The second kappa shape index (κ2) is 5.88. The van der Waals surface area contributed by atoms with E-state index in [2.05, 4.69) is 25.1 Å². The molecule has 4 heteroatoms. The summed E-state index contributed by atoms with van der Waals surface area (Å²) < 4.78 is 0. The van der Waals surface area contributed by atoms with Crippen LogP contribution in [0.1, 0.15) is 37.5 Å². The van der Waals surface area contributed by atoms with E-state index in [4.69, 9.17) is 4.84 Å². The quantitative estimate of drug-likeness (QED) is 0.679. The van der Waals surface area contributed by atoms with Gasteiger partial charge in [-0.25, -0.2) is 4.79 Å². The molecule has 0 unspecified atom stereocenters. The fourth-order valence-corrected chi connectivity index (χ4v) is 3.02. The lowest BCUT2D eigenvalue weighted by atomic mass is 10.0. The molecule has 118 valence electrons. The average molecular weight is 309 g/mol. The van der Waals surface area contributed by atoms with E-state index in [0.717, 1.165) is 23.5 Å². The lowest BCUT2D eigenvalue weighted by Gasteiger charge is -2.19. The predicted octanol–water partition coefficient (Wildman–Crippen LogP) is 3.65. The Balaban J connectivity index is 1.98. The number of hydroxylamine groups is 1. The molecule has 0 heterocycles. The minimum absolute atomic E-state index is 0.330. The van der Waals surface area contributed by atoms with Crippen LogP contribution in [0.5, 0.6) is 0 Å². The zero-order chi connectivity index (χ0) is 16.6. The number of aryl methyl sites for hydroxylation is 1. The Hall–Kier alpha value is -2.62. The molecule has 0 aromatic heterocycles. The maximum absolute atomic E-state index is 11.7. The Kier molecular flexibility index (Phi) is 3.90. The van der Waals surface area contributed by atoms with Gasteiger partial charge in [0, 0.05) is 13.8 Å². The maximum atomic E-state index is 11.7. The monoisotopic (exact) mass is 309 g/mol. The van der Waals surface area contributed by atoms with E-state index in [1.54, 1.807) is 0 Å². The Morgan fingerprint density at radius 1 is 1.04 bits per heavy atom. The Morgan fingerprint density at radius 3 is 2.30 bits per heavy atom. The number of amides is 1. The molecule has 0 saturated heterocycles. The third kappa shape index (κ3) is 2.84. The van der Waals surface area contributed by atoms with Gasteiger partial charge in [-0.2, -0.15) is 0 Å². The Labute approximate surface area is 135 Å². The molecule has 23 heavy (non-hydrogen) atoms. The first kappa shape index (κ1) is 15.3. The molecule has 0 fully saturated rings. The molecule has 2 aromatic rings. The molecule has 1 amide bonds. The van der Waals surface area contributed by atoms with Crippen molar-refractivity contribution in [2.75, 3.05) is 5.06 Å². The smallest absolute Gasteiger partial charge is 0.330 e. The molecular formula is C19H19NO3. The molecule has 0 saturated carbocycles. The van der Waals surface area contributed by atoms with E-state index < -0.39 is 5.97 Å². The summed E-state index contributed by atoms with van der Waals surface area (Å²) >= 11 is 0. The van der Waals surface area contributed by atoms with Crippen molar-refractivity contribution in [1.82, 2.24) is 0 Å². The van der Waals surface area contributed by atoms with Crippen molar-refractivity contribution in [3.05, 3.63) is 53.1 Å². The highest BCUT2D eigenvalue weighted by Gasteiger charge is 2.22. The van der Waals surface area contributed by atoms with Crippen LogP contribution in [0, 0.1) is 0 Å². The zero-order valence-corrected chi connectivity index (χ0v) is 13.6. The second-order valence-corrected chi connectivity index (χ2v) is 5.76. The van der Waals surface area contributed by atoms with Gasteiger partial charge in [-0.15, -0.1) is 5.06 Å². The van der Waals surface area contributed by atoms with Crippen LogP contribution in [0.2, 0.25) is 0 Å². The van der Waals surface area contributed by atoms with Gasteiger partial charge in [0.15, 0.2) is 0 Å². The Morgan fingerprint density at radius 2 is 1.70 bits per heavy atom. The van der Waals surface area contributed by atoms with Crippen LogP contribution >= 0.6 is 0 Å². The van der Waals surface area contributed by atoms with Crippen LogP contribution in [0.4, 0.5) is 5.69 Å². The average Bonchev–Trinajstić information content (AvgIpc) is 2.88. The summed E-state index contributed by atoms with van der Waals surface area (Å²) in [6, 6.07) is 12.3. The third-order valence-corrected chi connectivity index (χ3v) is 4.08. The van der Waals surface area contributed by atoms with Gasteiger partial charge in [0.05, 0.1) is 5.69 Å². The number of anilines is 1. The highest BCUT2D eigenvalue weighted by atomic mass is 16.7. The SMILES string of the molecule is CCc1ccc2c(c1)Cc1cc(N(OC(C)=O)C(C)=O)ccc1-2. The first-order chi connectivity index (χ1) is 11.0. The normalized spacial score (nSPS) is 11.6. The van der Waals surface area contributed by atoms with Gasteiger partial charge in [-0.1, -0.05) is 31.2 Å². The van der Waals surface area contributed by atoms with E-state index in [1.165, 1.54) is 36.1 Å². The summed E-state index contributed by atoms with van der Waals surface area (Å²) in [4.78, 5) is 27.9. The van der Waals surface area contributed by atoms with E-state index in [-0.39, 0.29) is 5.91 Å². The summed E-state index contributed by atoms with van der Waals surface area (Å²) in [5, 5.41) is 1.04. The number of nitrogens with zero attached hydrogens (tertiary/aromatic N) is 1. The van der Waals surface area contributed by atoms with Gasteiger partial charge in [0.2, 0.25) is 0 Å². The van der Waals surface area contributed by atoms with Gasteiger partial charge in [-0.05, 0) is 52.8 Å². The highest BCUT2D eigenvalue weighted by Crippen LogP contribution is 2.39. The van der Waals surface area contributed by atoms with Gasteiger partial charge in [0.1, 0.15) is 0 Å². The number of fused-ring (bicyclic) bond motifs is 3. The van der Waals surface area contributed by atoms with E-state index >= 15 is 0 Å². The minimum Gasteiger partial charge on any atom is -0.334 e. The van der Waals surface area contributed by atoms with E-state index in [0.29, 0.717) is 5.69 Å². The van der Waals surface area contributed by atoms with Crippen LogP contribution in [0.3, 0.4) is 0 Å². The summed E-state index contributed by atoms with van der Waals surface area (Å²) in [5.41, 5.74) is 6.77. The largest absolute Gasteiger partial charge is 0.334 e. The van der Waals surface area contributed by atoms with Gasteiger partial charge in [0.25, 0.3) is 5.91 Å². The molecule has 0 bridgehead atoms. The highest BCUT2D eigenvalue weighted by molar-refractivity contribution is 5.92. The summed E-state index contributed by atoms with van der Waals surface area (Å²) in [6.45, 7) is 4.80. The van der Waals surface area contributed by atoms with Crippen LogP contribution in [0.15, 0.2) is 36.4 Å². The zero-order valence-electron chi connectivity index (χ0n) is 13.6. The van der Waals surface area contributed by atoms with Crippen molar-refractivity contribution in [2.45, 2.75) is 33.6 Å². The van der Waals surface area contributed by atoms with Crippen LogP contribution in [-0.4, -0.2) is 11.9 Å². The number of hydrogen-bond donors (Lipinski definition) is 0. The second-order valence-electron chi connectivity index (χ2n) is 5.76. The summed E-state index contributed by atoms with van der Waals surface area (Å²) in [5.74, 6) is -0.847. The number of rotatable bonds is 2. The third-order valence-electron chi connectivity index (χ3n) is 4.08. The maximum Gasteiger partial charge on any atom is 0.330 e. The standard InChI is InChI=1S/C19H19NO3/c1-4-14-5-7-18-15(9-14)10-16-11-17(6-8-19(16)18)20(12(2)21)23-13(3)22/h5-9,11H,4,10H2,1-3H3. The number of carbonyl (C=O) groups excluding carboxylic acids is 2. The summed E-state index contributed by atoms with van der Waals surface area (Å²) in [6.07, 6.45) is 1.84. The van der Waals surface area contributed by atoms with Gasteiger partial charge < -0.3 is 4.84 Å². The first-order valence-electron chi connectivity index (χ1n) is 7.74. The van der Waals surface area contributed by atoms with Crippen molar-refractivity contribution in [3.8, 4) is 11.1 Å². The van der Waals surface area contributed by atoms with E-state index in [9.17, 15) is 9.59 Å². The van der Waals surface area contributed by atoms with Crippen molar-refractivity contribution in [3.63, 3.8) is 0 Å². The van der Waals surface area contributed by atoms with E-state index in [1.807, 2.05) is 18.2 Å². The molecular weight excluding hydrogens is 290 g/mol. The molecule has 0 spiro atoms. The lowest BCUT2D eigenvalue weighted by molar-refractivity contribution is -0.147. The fraction of sp³-hybridized carbons (Fsp3) is 0.263. The van der Waals surface area contributed by atoms with Crippen LogP contribution in [0.25, 0.3) is 11.1 Å². The predicted molar refractivity (Wildman–Crippen MR) is 89.0 cm³/mol. The van der Waals surface area contributed by atoms with Crippen LogP contribution in [-0.2, 0) is 27.3 Å². The molecule has 0 aliphatic heterocycles. The molecule has 1 aliphatic rings. The first-order valence-corrected chi connectivity index (χ1v) is 7.74. The van der Waals surface area contributed by atoms with Crippen LogP contribution < -0.4 is 5.06 Å². The van der Waals surface area contributed by atoms with Gasteiger partial charge >= 0.3 is 5.97 Å². The molecule has 2 aromatic carbocycles. The topological polar surface area (TPSA) is 46.6 Å². The Bertz CT molecular complexity index is 795. The lowest BCUT2D eigenvalue weighted by Crippen LogP contribution is -2.30. The summed E-state index contributed by atoms with van der Waals surface area (Å²) in [7, 11) is 0. The van der Waals surface area contributed by atoms with Crippen molar-refractivity contribution >= 4 is 17.6 Å². The van der Waals surface area contributed by atoms with Crippen molar-refractivity contribution in [1.29, 1.82) is 0 Å². The molecule has 4 nitrogen and oxygen atoms in total. The molecule has 0 radical (unpaired) electrons. The fourth-order valence-electron chi connectivity index (χ4n) is 3.02. The molecule has 1 aliphatic carbocycles. The molecule has 0 N–H and O–H groups in total. The minimum atomic E-state index is -0.517. The van der Waals surface area contributed by atoms with Crippen molar-refractivity contribution < 1.29 is 14.4 Å². The number of benzene rings is 2.